The topological polar surface area (TPSA) is 25.2 Å². The van der Waals surface area contributed by atoms with Crippen LogP contribution in [0.15, 0.2) is 18.2 Å². The van der Waals surface area contributed by atoms with Crippen LogP contribution in [0.1, 0.15) is 22.5 Å². The molecule has 0 aliphatic heterocycles. The number of aryl methyl sites for hydroxylation is 1. The predicted octanol–water partition coefficient (Wildman–Crippen LogP) is 3.05. The van der Waals surface area contributed by atoms with E-state index in [4.69, 9.17) is 0 Å². The summed E-state index contributed by atoms with van der Waals surface area (Å²) in [4.78, 5) is 14.8. The van der Waals surface area contributed by atoms with Crippen LogP contribution in [0.5, 0.6) is 0 Å². The Morgan fingerprint density at radius 2 is 2.10 bits per heavy atom. The maximum atomic E-state index is 13.5. The highest BCUT2D eigenvalue weighted by Crippen LogP contribution is 2.34. The van der Waals surface area contributed by atoms with Crippen LogP contribution >= 0.6 is 12.4 Å². The molecule has 1 heterocycles. The highest BCUT2D eigenvalue weighted by Gasteiger charge is 2.32. The minimum atomic E-state index is -0.284. The summed E-state index contributed by atoms with van der Waals surface area (Å²) in [6.45, 7) is 0.754. The highest BCUT2D eigenvalue weighted by atomic mass is 35.5. The molecule has 2 aromatic rings. The number of fused-ring (bicyclic) bond motifs is 3. The van der Waals surface area contributed by atoms with E-state index < -0.39 is 0 Å². The molecule has 0 saturated heterocycles. The van der Waals surface area contributed by atoms with E-state index in [0.29, 0.717) is 0 Å². The number of ketones is 1. The first kappa shape index (κ1) is 16.0. The van der Waals surface area contributed by atoms with Gasteiger partial charge in [0.05, 0.1) is 0 Å². The van der Waals surface area contributed by atoms with Gasteiger partial charge in [-0.2, -0.15) is 0 Å². The molecular formula is C16H20ClFN2O. The number of benzene rings is 1. The molecule has 0 amide bonds. The number of nitrogens with zero attached hydrogens (tertiary/aromatic N) is 2. The Balaban J connectivity index is 0.00000161. The number of carbonyl (C=O) groups is 1. The average molecular weight is 311 g/mol. The normalized spacial score (nSPS) is 18.0. The first-order chi connectivity index (χ1) is 9.49. The van der Waals surface area contributed by atoms with Crippen molar-refractivity contribution in [3.8, 4) is 0 Å². The second-order valence-corrected chi connectivity index (χ2v) is 5.90. The summed E-state index contributed by atoms with van der Waals surface area (Å²) in [5, 5.41) is 0.760. The molecule has 0 radical (unpaired) electrons. The van der Waals surface area contributed by atoms with E-state index >= 15 is 0 Å². The van der Waals surface area contributed by atoms with E-state index in [1.807, 2.05) is 30.6 Å². The predicted molar refractivity (Wildman–Crippen MR) is 84.8 cm³/mol. The minimum Gasteiger partial charge on any atom is -0.347 e. The SMILES string of the molecule is CN(C)CC1CCc2c(c3cc(F)ccc3n2C)C1=O.Cl. The molecule has 0 saturated carbocycles. The highest BCUT2D eigenvalue weighted by molar-refractivity contribution is 6.11. The maximum Gasteiger partial charge on any atom is 0.169 e. The third kappa shape index (κ3) is 2.58. The first-order valence-corrected chi connectivity index (χ1v) is 6.94. The fraction of sp³-hybridized carbons (Fsp3) is 0.438. The van der Waals surface area contributed by atoms with Gasteiger partial charge in [0.25, 0.3) is 0 Å². The summed E-state index contributed by atoms with van der Waals surface area (Å²) >= 11 is 0. The molecule has 3 rings (SSSR count). The number of rotatable bonds is 2. The first-order valence-electron chi connectivity index (χ1n) is 6.94. The molecule has 1 unspecified atom stereocenters. The molecule has 1 aromatic heterocycles. The molecule has 5 heteroatoms. The fourth-order valence-electron chi connectivity index (χ4n) is 3.30. The zero-order chi connectivity index (χ0) is 14.4. The molecule has 114 valence electrons. The smallest absolute Gasteiger partial charge is 0.169 e. The largest absolute Gasteiger partial charge is 0.347 e. The van der Waals surface area contributed by atoms with Crippen molar-refractivity contribution in [3.05, 3.63) is 35.3 Å². The molecule has 1 aliphatic carbocycles. The number of hydrogen-bond acceptors (Lipinski definition) is 2. The molecule has 1 aliphatic rings. The number of aromatic nitrogens is 1. The van der Waals surface area contributed by atoms with Crippen LogP contribution in [0.4, 0.5) is 4.39 Å². The number of Topliss-reactive ketones (excluding diaryl/α,β-unsaturated/α-hetero) is 1. The molecule has 3 nitrogen and oxygen atoms in total. The second-order valence-electron chi connectivity index (χ2n) is 5.90. The van der Waals surface area contributed by atoms with Gasteiger partial charge in [-0.15, -0.1) is 12.4 Å². The standard InChI is InChI=1S/C16H19FN2O.ClH/c1-18(2)9-10-4-6-14-15(16(10)20)12-8-11(17)5-7-13(12)19(14)3;/h5,7-8,10H,4,6,9H2,1-3H3;1H. The van der Waals surface area contributed by atoms with Crippen molar-refractivity contribution < 1.29 is 9.18 Å². The summed E-state index contributed by atoms with van der Waals surface area (Å²) in [7, 11) is 5.91. The summed E-state index contributed by atoms with van der Waals surface area (Å²) in [6.07, 6.45) is 1.75. The monoisotopic (exact) mass is 310 g/mol. The Labute approximate surface area is 130 Å². The number of carbonyl (C=O) groups excluding carboxylic acids is 1. The lowest BCUT2D eigenvalue weighted by Crippen LogP contribution is -2.32. The lowest BCUT2D eigenvalue weighted by Gasteiger charge is -2.24. The van der Waals surface area contributed by atoms with Crippen molar-refractivity contribution in [2.45, 2.75) is 12.8 Å². The Morgan fingerprint density at radius 3 is 2.76 bits per heavy atom. The maximum absolute atomic E-state index is 13.5. The van der Waals surface area contributed by atoms with E-state index in [1.54, 1.807) is 6.07 Å². The van der Waals surface area contributed by atoms with Gasteiger partial charge in [0.15, 0.2) is 5.78 Å². The molecule has 0 spiro atoms. The van der Waals surface area contributed by atoms with Crippen LogP contribution in [0.3, 0.4) is 0 Å². The summed E-state index contributed by atoms with van der Waals surface area (Å²) in [5.74, 6) is -0.101. The van der Waals surface area contributed by atoms with E-state index in [-0.39, 0.29) is 29.9 Å². The van der Waals surface area contributed by atoms with Gasteiger partial charge in [-0.3, -0.25) is 4.79 Å². The van der Waals surface area contributed by atoms with Crippen molar-refractivity contribution in [2.24, 2.45) is 13.0 Å². The lowest BCUT2D eigenvalue weighted by molar-refractivity contribution is 0.0878. The molecule has 1 atom stereocenters. The third-order valence-corrected chi connectivity index (χ3v) is 4.22. The zero-order valence-corrected chi connectivity index (χ0v) is 13.3. The number of hydrogen-bond donors (Lipinski definition) is 0. The Kier molecular flexibility index (Phi) is 4.40. The van der Waals surface area contributed by atoms with Gasteiger partial charge in [-0.05, 0) is 45.1 Å². The van der Waals surface area contributed by atoms with Gasteiger partial charge in [-0.1, -0.05) is 0 Å². The minimum absolute atomic E-state index is 0. The Hall–Kier alpha value is -1.39. The lowest BCUT2D eigenvalue weighted by atomic mass is 9.84. The van der Waals surface area contributed by atoms with Crippen LogP contribution in [-0.2, 0) is 13.5 Å². The summed E-state index contributed by atoms with van der Waals surface area (Å²) in [5.41, 5.74) is 2.72. The molecule has 1 aromatic carbocycles. The van der Waals surface area contributed by atoms with Crippen molar-refractivity contribution in [3.63, 3.8) is 0 Å². The van der Waals surface area contributed by atoms with Gasteiger partial charge in [-0.25, -0.2) is 4.39 Å². The summed E-state index contributed by atoms with van der Waals surface area (Å²) in [6, 6.07) is 4.71. The Bertz CT molecular complexity index is 693. The van der Waals surface area contributed by atoms with Crippen LogP contribution in [0, 0.1) is 11.7 Å². The molecule has 0 N–H and O–H groups in total. The number of halogens is 2. The van der Waals surface area contributed by atoms with Crippen LogP contribution in [-0.4, -0.2) is 35.9 Å². The van der Waals surface area contributed by atoms with Crippen molar-refractivity contribution >= 4 is 29.1 Å². The molecular weight excluding hydrogens is 291 g/mol. The van der Waals surface area contributed by atoms with Crippen LogP contribution in [0.25, 0.3) is 10.9 Å². The van der Waals surface area contributed by atoms with Gasteiger partial charge in [0.1, 0.15) is 5.82 Å². The van der Waals surface area contributed by atoms with Gasteiger partial charge in [0.2, 0.25) is 0 Å². The fourth-order valence-corrected chi connectivity index (χ4v) is 3.30. The molecule has 0 fully saturated rings. The van der Waals surface area contributed by atoms with Gasteiger partial charge >= 0.3 is 0 Å². The quantitative estimate of drug-likeness (QED) is 0.852. The zero-order valence-electron chi connectivity index (χ0n) is 12.5. The van der Waals surface area contributed by atoms with Gasteiger partial charge in [0, 0.05) is 41.7 Å². The van der Waals surface area contributed by atoms with Crippen LogP contribution < -0.4 is 0 Å². The molecule has 21 heavy (non-hydrogen) atoms. The average Bonchev–Trinajstić information content (AvgIpc) is 2.66. The second kappa shape index (κ2) is 5.78. The summed E-state index contributed by atoms with van der Waals surface area (Å²) < 4.78 is 15.6. The van der Waals surface area contributed by atoms with Gasteiger partial charge < -0.3 is 9.47 Å². The van der Waals surface area contributed by atoms with Crippen molar-refractivity contribution in [1.29, 1.82) is 0 Å². The van der Waals surface area contributed by atoms with E-state index in [1.165, 1.54) is 12.1 Å². The van der Waals surface area contributed by atoms with E-state index in [9.17, 15) is 9.18 Å². The van der Waals surface area contributed by atoms with Crippen LogP contribution in [0.2, 0.25) is 0 Å². The van der Waals surface area contributed by atoms with E-state index in [0.717, 1.165) is 41.5 Å². The molecule has 0 bridgehead atoms. The van der Waals surface area contributed by atoms with Crippen molar-refractivity contribution in [1.82, 2.24) is 9.47 Å². The van der Waals surface area contributed by atoms with Crippen molar-refractivity contribution in [2.75, 3.05) is 20.6 Å². The third-order valence-electron chi connectivity index (χ3n) is 4.22. The Morgan fingerprint density at radius 1 is 1.38 bits per heavy atom. The van der Waals surface area contributed by atoms with E-state index in [2.05, 4.69) is 0 Å².